The van der Waals surface area contributed by atoms with Crippen molar-refractivity contribution in [3.05, 3.63) is 53.3 Å². The maximum absolute atomic E-state index is 14.2. The van der Waals surface area contributed by atoms with Crippen LogP contribution in [0.4, 0.5) is 4.39 Å². The Kier molecular flexibility index (Phi) is 15.5. The molecule has 42 heavy (non-hydrogen) atoms. The molecular formula is C30H41FN4O6S. The van der Waals surface area contributed by atoms with Crippen LogP contribution in [-0.4, -0.2) is 51.7 Å². The van der Waals surface area contributed by atoms with Crippen LogP contribution in [0.2, 0.25) is 0 Å². The smallest absolute Gasteiger partial charge is 0.329 e. The van der Waals surface area contributed by atoms with Gasteiger partial charge >= 0.3 is 5.97 Å². The second-order valence-corrected chi connectivity index (χ2v) is 11.0. The lowest BCUT2D eigenvalue weighted by Gasteiger charge is -2.21. The Labute approximate surface area is 250 Å². The minimum absolute atomic E-state index is 0.0919. The number of unbranched alkanes of at least 4 members (excludes halogenated alkanes) is 4. The first kappa shape index (κ1) is 34.7. The summed E-state index contributed by atoms with van der Waals surface area (Å²) in [6.45, 7) is 5.17. The number of halogens is 1. The number of carbonyl (C=O) groups is 5. The van der Waals surface area contributed by atoms with Gasteiger partial charge in [-0.25, -0.2) is 14.2 Å². The van der Waals surface area contributed by atoms with E-state index >= 15 is 0 Å². The van der Waals surface area contributed by atoms with E-state index in [0.717, 1.165) is 37.8 Å². The summed E-state index contributed by atoms with van der Waals surface area (Å²) in [6.07, 6.45) is 10.2. The molecule has 2 atom stereocenters. The van der Waals surface area contributed by atoms with Crippen LogP contribution < -0.4 is 16.0 Å². The molecule has 2 bridgehead atoms. The average Bonchev–Trinajstić information content (AvgIpc) is 2.96. The largest absolute Gasteiger partial charge is 0.456 e. The molecule has 0 saturated carbocycles. The third-order valence-corrected chi connectivity index (χ3v) is 7.32. The third kappa shape index (κ3) is 12.5. The van der Waals surface area contributed by atoms with Gasteiger partial charge in [-0.05, 0) is 38.3 Å². The molecule has 12 heteroatoms. The molecule has 0 saturated heterocycles. The molecule has 230 valence electrons. The summed E-state index contributed by atoms with van der Waals surface area (Å²) in [6, 6.07) is 0.943. The van der Waals surface area contributed by atoms with E-state index < -0.39 is 41.7 Å². The highest BCUT2D eigenvalue weighted by Gasteiger charge is 2.26. The van der Waals surface area contributed by atoms with Gasteiger partial charge in [-0.15, -0.1) is 0 Å². The Morgan fingerprint density at radius 3 is 2.60 bits per heavy atom. The second-order valence-electron chi connectivity index (χ2n) is 9.81. The lowest BCUT2D eigenvalue weighted by atomic mass is 10.1. The summed E-state index contributed by atoms with van der Waals surface area (Å²) in [5.74, 6) is -3.00. The molecule has 1 aromatic heterocycles. The first-order valence-corrected chi connectivity index (χ1v) is 15.4. The zero-order chi connectivity index (χ0) is 30.9. The fourth-order valence-corrected chi connectivity index (χ4v) is 4.80. The van der Waals surface area contributed by atoms with E-state index in [4.69, 9.17) is 4.74 Å². The van der Waals surface area contributed by atoms with Crippen LogP contribution in [0.25, 0.3) is 0 Å². The van der Waals surface area contributed by atoms with Gasteiger partial charge in [-0.3, -0.25) is 19.2 Å². The van der Waals surface area contributed by atoms with Gasteiger partial charge in [0.05, 0.1) is 18.7 Å². The molecule has 10 nitrogen and oxygen atoms in total. The van der Waals surface area contributed by atoms with Crippen molar-refractivity contribution in [1.29, 1.82) is 0 Å². The fraction of sp³-hybridized carbons (Fsp3) is 0.533. The highest BCUT2D eigenvalue weighted by Crippen LogP contribution is 2.14. The Morgan fingerprint density at radius 2 is 1.88 bits per heavy atom. The Balaban J connectivity index is 2.12. The van der Waals surface area contributed by atoms with E-state index in [2.05, 4.69) is 27.9 Å². The molecule has 0 unspecified atom stereocenters. The number of thioether (sulfide) groups is 1. The summed E-state index contributed by atoms with van der Waals surface area (Å²) < 4.78 is 19.8. The summed E-state index contributed by atoms with van der Waals surface area (Å²) in [5.41, 5.74) is -0.337. The monoisotopic (exact) mass is 604 g/mol. The van der Waals surface area contributed by atoms with Crippen LogP contribution >= 0.6 is 11.8 Å². The summed E-state index contributed by atoms with van der Waals surface area (Å²) in [4.78, 5) is 67.4. The van der Waals surface area contributed by atoms with Gasteiger partial charge in [0.25, 0.3) is 11.8 Å². The van der Waals surface area contributed by atoms with Crippen molar-refractivity contribution in [1.82, 2.24) is 20.9 Å². The molecule has 1 aliphatic heterocycles. The number of fused-ring (bicyclic) bond motifs is 2. The van der Waals surface area contributed by atoms with Crippen LogP contribution in [0.1, 0.15) is 94.7 Å². The molecule has 0 aromatic carbocycles. The summed E-state index contributed by atoms with van der Waals surface area (Å²) in [5, 5.41) is 7.66. The molecule has 2 heterocycles. The van der Waals surface area contributed by atoms with Crippen molar-refractivity contribution in [3.63, 3.8) is 0 Å². The molecule has 0 radical (unpaired) electrons. The number of nitrogens with zero attached hydrogens (tertiary/aromatic N) is 1. The van der Waals surface area contributed by atoms with Gasteiger partial charge in [0.2, 0.25) is 5.91 Å². The van der Waals surface area contributed by atoms with Crippen molar-refractivity contribution >= 4 is 40.6 Å². The highest BCUT2D eigenvalue weighted by molar-refractivity contribution is 8.13. The number of aromatic nitrogens is 1. The van der Waals surface area contributed by atoms with Gasteiger partial charge < -0.3 is 20.7 Å². The first-order chi connectivity index (χ1) is 20.2. The van der Waals surface area contributed by atoms with Crippen molar-refractivity contribution < 1.29 is 33.1 Å². The number of allylic oxidation sites excluding steroid dienone is 2. The van der Waals surface area contributed by atoms with E-state index in [1.807, 2.05) is 0 Å². The zero-order valence-corrected chi connectivity index (χ0v) is 25.3. The number of ether oxygens (including phenoxy) is 1. The molecule has 0 aliphatic carbocycles. The number of hydrogen-bond acceptors (Lipinski definition) is 8. The van der Waals surface area contributed by atoms with Crippen LogP contribution in [0.3, 0.4) is 0 Å². The molecule has 1 aliphatic rings. The number of hydrogen-bond donors (Lipinski definition) is 3. The normalized spacial score (nSPS) is 19.8. The molecule has 2 rings (SSSR count). The first-order valence-electron chi connectivity index (χ1n) is 14.4. The number of esters is 1. The quantitative estimate of drug-likeness (QED) is 0.147. The third-order valence-electron chi connectivity index (χ3n) is 6.36. The van der Waals surface area contributed by atoms with E-state index in [0.29, 0.717) is 18.6 Å². The SMILES string of the molecule is C/C=C1\NC(=O)c2cc(F)cc(n2)CNC(=O)C[C@@H](/C=C/CCSC(=O)CCCCCCC)OC(=O)[C@H](CC)NC1=O. The van der Waals surface area contributed by atoms with Crippen LogP contribution in [-0.2, 0) is 30.5 Å². The number of rotatable bonds is 11. The summed E-state index contributed by atoms with van der Waals surface area (Å²) in [7, 11) is 0. The molecule has 0 fully saturated rings. The Hall–Kier alpha value is -3.54. The Bertz CT molecular complexity index is 1170. The predicted octanol–water partition coefficient (Wildman–Crippen LogP) is 4.25. The van der Waals surface area contributed by atoms with Gasteiger partial charge in [-0.2, -0.15) is 0 Å². The van der Waals surface area contributed by atoms with Gasteiger partial charge in [0, 0.05) is 18.2 Å². The van der Waals surface area contributed by atoms with E-state index in [9.17, 15) is 28.4 Å². The molecule has 3 N–H and O–H groups in total. The lowest BCUT2D eigenvalue weighted by Crippen LogP contribution is -2.46. The number of carbonyl (C=O) groups excluding carboxylic acids is 5. The fourth-order valence-electron chi connectivity index (χ4n) is 4.03. The number of nitrogens with one attached hydrogen (secondary N) is 3. The Morgan fingerprint density at radius 1 is 1.12 bits per heavy atom. The molecule has 0 spiro atoms. The van der Waals surface area contributed by atoms with Crippen molar-refractivity contribution in [2.75, 3.05) is 5.75 Å². The molecular weight excluding hydrogens is 563 g/mol. The minimum atomic E-state index is -1.05. The molecule has 1 aromatic rings. The van der Waals surface area contributed by atoms with Crippen LogP contribution in [0.5, 0.6) is 0 Å². The van der Waals surface area contributed by atoms with Crippen molar-refractivity contribution in [2.24, 2.45) is 0 Å². The number of pyridine rings is 1. The lowest BCUT2D eigenvalue weighted by molar-refractivity contribution is -0.151. The maximum Gasteiger partial charge on any atom is 0.329 e. The standard InChI is InChI=1S/C30H41FN4O6S/c1-4-7-8-9-10-14-27(37)42-15-12-11-13-22-18-26(36)32-19-21-16-20(31)17-25(33-21)29(39)34-23(5-2)28(38)35-24(6-3)30(40)41-22/h5,11,13,16-17,22,24H,4,6-10,12,14-15,18-19H2,1-3H3,(H,32,36)(H,34,39)(H,35,38)/b13-11+,23-5-/t22-,24+/m1/s1. The average molecular weight is 605 g/mol. The van der Waals surface area contributed by atoms with Crippen molar-refractivity contribution in [3.8, 4) is 0 Å². The second kappa shape index (κ2) is 18.8. The predicted molar refractivity (Wildman–Crippen MR) is 159 cm³/mol. The van der Waals surface area contributed by atoms with E-state index in [-0.39, 0.29) is 41.6 Å². The van der Waals surface area contributed by atoms with Crippen LogP contribution in [0, 0.1) is 5.82 Å². The van der Waals surface area contributed by atoms with E-state index in [1.165, 1.54) is 31.2 Å². The van der Waals surface area contributed by atoms with Crippen LogP contribution in [0.15, 0.2) is 36.1 Å². The summed E-state index contributed by atoms with van der Waals surface area (Å²) >= 11 is 1.26. The van der Waals surface area contributed by atoms with Gasteiger partial charge in [0.1, 0.15) is 29.4 Å². The zero-order valence-electron chi connectivity index (χ0n) is 24.5. The van der Waals surface area contributed by atoms with Gasteiger partial charge in [-0.1, -0.05) is 63.4 Å². The van der Waals surface area contributed by atoms with Gasteiger partial charge in [0.15, 0.2) is 5.12 Å². The minimum Gasteiger partial charge on any atom is -0.456 e. The molecule has 3 amide bonds. The number of amides is 3. The number of cyclic esters (lactones) is 1. The highest BCUT2D eigenvalue weighted by atomic mass is 32.2. The van der Waals surface area contributed by atoms with E-state index in [1.54, 1.807) is 19.1 Å². The topological polar surface area (TPSA) is 144 Å². The van der Waals surface area contributed by atoms with Crippen molar-refractivity contribution in [2.45, 2.75) is 97.2 Å². The maximum atomic E-state index is 14.2.